The van der Waals surface area contributed by atoms with E-state index in [1.807, 2.05) is 20.0 Å². The Morgan fingerprint density at radius 2 is 2.27 bits per heavy atom. The lowest BCUT2D eigenvalue weighted by Crippen LogP contribution is -2.11. The zero-order chi connectivity index (χ0) is 10.8. The van der Waals surface area contributed by atoms with Gasteiger partial charge < -0.3 is 14.8 Å². The van der Waals surface area contributed by atoms with E-state index in [1.54, 1.807) is 0 Å². The number of benzene rings is 1. The summed E-state index contributed by atoms with van der Waals surface area (Å²) in [6, 6.07) is 1.84. The van der Waals surface area contributed by atoms with Gasteiger partial charge in [-0.3, -0.25) is 0 Å². The van der Waals surface area contributed by atoms with Crippen LogP contribution in [0.15, 0.2) is 6.07 Å². The van der Waals surface area contributed by atoms with E-state index in [9.17, 15) is 0 Å². The van der Waals surface area contributed by atoms with Crippen molar-refractivity contribution in [2.24, 2.45) is 0 Å². The fourth-order valence-corrected chi connectivity index (χ4v) is 2.10. The molecule has 0 bridgehead atoms. The van der Waals surface area contributed by atoms with Crippen LogP contribution in [0.4, 0.5) is 0 Å². The van der Waals surface area contributed by atoms with Gasteiger partial charge in [-0.05, 0) is 38.1 Å². The Morgan fingerprint density at radius 1 is 1.47 bits per heavy atom. The lowest BCUT2D eigenvalue weighted by molar-refractivity contribution is 0.173. The molecule has 0 atom stereocenters. The maximum Gasteiger partial charge on any atom is 0.231 e. The third-order valence-corrected chi connectivity index (χ3v) is 2.94. The summed E-state index contributed by atoms with van der Waals surface area (Å²) in [7, 11) is 1.93. The van der Waals surface area contributed by atoms with Gasteiger partial charge in [0.2, 0.25) is 6.79 Å². The van der Waals surface area contributed by atoms with E-state index in [2.05, 4.69) is 5.32 Å². The minimum absolute atomic E-state index is 0.294. The molecule has 82 valence electrons. The van der Waals surface area contributed by atoms with Crippen molar-refractivity contribution in [2.75, 3.05) is 20.4 Å². The van der Waals surface area contributed by atoms with E-state index < -0.39 is 0 Å². The Kier molecular flexibility index (Phi) is 3.03. The Labute approximate surface area is 94.3 Å². The summed E-state index contributed by atoms with van der Waals surface area (Å²) in [5, 5.41) is 3.86. The molecule has 1 aromatic carbocycles. The molecule has 0 radical (unpaired) electrons. The van der Waals surface area contributed by atoms with E-state index in [-0.39, 0.29) is 0 Å². The number of halogens is 1. The summed E-state index contributed by atoms with van der Waals surface area (Å²) in [4.78, 5) is 0. The van der Waals surface area contributed by atoms with E-state index in [0.29, 0.717) is 6.79 Å². The fourth-order valence-electron chi connectivity index (χ4n) is 1.76. The Balaban J connectivity index is 2.37. The lowest BCUT2D eigenvalue weighted by Gasteiger charge is -2.10. The van der Waals surface area contributed by atoms with Crippen LogP contribution in [0.3, 0.4) is 0 Å². The lowest BCUT2D eigenvalue weighted by atomic mass is 10.0. The Bertz CT molecular complexity index is 379. The minimum Gasteiger partial charge on any atom is -0.454 e. The molecular weight excluding hydrogens is 214 g/mol. The number of rotatable bonds is 3. The molecule has 15 heavy (non-hydrogen) atoms. The number of likely N-dealkylation sites (N-methyl/N-ethyl adjacent to an activating group) is 1. The van der Waals surface area contributed by atoms with Crippen molar-refractivity contribution >= 4 is 11.6 Å². The highest BCUT2D eigenvalue weighted by Gasteiger charge is 2.20. The molecule has 1 aromatic rings. The van der Waals surface area contributed by atoms with Crippen LogP contribution in [0, 0.1) is 6.92 Å². The second-order valence-corrected chi connectivity index (χ2v) is 3.96. The highest BCUT2D eigenvalue weighted by molar-refractivity contribution is 6.31. The third kappa shape index (κ3) is 1.90. The van der Waals surface area contributed by atoms with Gasteiger partial charge in [0.25, 0.3) is 0 Å². The number of ether oxygens (including phenoxy) is 2. The quantitative estimate of drug-likeness (QED) is 0.858. The third-order valence-electron chi connectivity index (χ3n) is 2.61. The zero-order valence-electron chi connectivity index (χ0n) is 8.89. The average Bonchev–Trinajstić information content (AvgIpc) is 2.65. The highest BCUT2D eigenvalue weighted by Crippen LogP contribution is 2.40. The largest absolute Gasteiger partial charge is 0.454 e. The monoisotopic (exact) mass is 227 g/mol. The predicted molar refractivity (Wildman–Crippen MR) is 59.9 cm³/mol. The molecule has 2 rings (SSSR count). The van der Waals surface area contributed by atoms with Crippen LogP contribution >= 0.6 is 11.6 Å². The molecular formula is C11H14ClNO2. The van der Waals surface area contributed by atoms with Crippen LogP contribution < -0.4 is 14.8 Å². The molecule has 1 aliphatic rings. The minimum atomic E-state index is 0.294. The van der Waals surface area contributed by atoms with Crippen LogP contribution in [0.1, 0.15) is 11.1 Å². The zero-order valence-corrected chi connectivity index (χ0v) is 9.65. The van der Waals surface area contributed by atoms with Crippen molar-refractivity contribution in [3.8, 4) is 11.5 Å². The van der Waals surface area contributed by atoms with Gasteiger partial charge in [0.05, 0.1) is 0 Å². The van der Waals surface area contributed by atoms with Crippen molar-refractivity contribution in [1.29, 1.82) is 0 Å². The van der Waals surface area contributed by atoms with Gasteiger partial charge in [-0.25, -0.2) is 0 Å². The summed E-state index contributed by atoms with van der Waals surface area (Å²) < 4.78 is 10.7. The summed E-state index contributed by atoms with van der Waals surface area (Å²) in [5.74, 6) is 1.59. The second kappa shape index (κ2) is 4.29. The second-order valence-electron chi connectivity index (χ2n) is 3.55. The van der Waals surface area contributed by atoms with E-state index >= 15 is 0 Å². The van der Waals surface area contributed by atoms with Crippen LogP contribution in [0.25, 0.3) is 0 Å². The average molecular weight is 228 g/mol. The maximum absolute atomic E-state index is 6.19. The number of nitrogens with one attached hydrogen (secondary N) is 1. The van der Waals surface area contributed by atoms with Gasteiger partial charge in [0.1, 0.15) is 0 Å². The van der Waals surface area contributed by atoms with Gasteiger partial charge in [0.15, 0.2) is 11.5 Å². The van der Waals surface area contributed by atoms with Gasteiger partial charge in [-0.2, -0.15) is 0 Å². The highest BCUT2D eigenvalue weighted by atomic mass is 35.5. The van der Waals surface area contributed by atoms with Gasteiger partial charge >= 0.3 is 0 Å². The molecule has 0 aromatic heterocycles. The molecule has 0 amide bonds. The molecule has 1 heterocycles. The van der Waals surface area contributed by atoms with Crippen LogP contribution in [0.2, 0.25) is 5.02 Å². The van der Waals surface area contributed by atoms with Crippen molar-refractivity contribution in [3.63, 3.8) is 0 Å². The van der Waals surface area contributed by atoms with E-state index in [0.717, 1.165) is 40.6 Å². The van der Waals surface area contributed by atoms with Gasteiger partial charge in [-0.15, -0.1) is 0 Å². The molecule has 0 saturated carbocycles. The molecule has 0 aliphatic carbocycles. The van der Waals surface area contributed by atoms with Crippen LogP contribution in [-0.2, 0) is 6.42 Å². The van der Waals surface area contributed by atoms with Gasteiger partial charge in [0, 0.05) is 11.1 Å². The summed E-state index contributed by atoms with van der Waals surface area (Å²) in [5.41, 5.74) is 2.22. The Hall–Kier alpha value is -0.930. The summed E-state index contributed by atoms with van der Waals surface area (Å²) in [6.07, 6.45) is 0.901. The van der Waals surface area contributed by atoms with Crippen LogP contribution in [-0.4, -0.2) is 20.4 Å². The number of fused-ring (bicyclic) bond motifs is 1. The molecule has 3 nitrogen and oxygen atoms in total. The molecule has 0 saturated heterocycles. The van der Waals surface area contributed by atoms with Crippen LogP contribution in [0.5, 0.6) is 11.5 Å². The first-order valence-corrected chi connectivity index (χ1v) is 5.34. The topological polar surface area (TPSA) is 30.5 Å². The predicted octanol–water partition coefficient (Wildman–Crippen LogP) is 2.14. The van der Waals surface area contributed by atoms with E-state index in [1.165, 1.54) is 0 Å². The molecule has 1 N–H and O–H groups in total. The molecule has 0 spiro atoms. The smallest absolute Gasteiger partial charge is 0.231 e. The van der Waals surface area contributed by atoms with Crippen molar-refractivity contribution in [3.05, 3.63) is 22.2 Å². The van der Waals surface area contributed by atoms with Crippen molar-refractivity contribution in [1.82, 2.24) is 5.32 Å². The first kappa shape index (κ1) is 10.6. The maximum atomic E-state index is 6.19. The number of hydrogen-bond acceptors (Lipinski definition) is 3. The standard InChI is InChI=1S/C11H14ClNO2/c1-7-8(3-4-13-2)9(12)5-10-11(7)15-6-14-10/h5,13H,3-4,6H2,1-2H3. The molecule has 1 aliphatic heterocycles. The number of hydrogen-bond donors (Lipinski definition) is 1. The summed E-state index contributed by atoms with van der Waals surface area (Å²) >= 11 is 6.19. The van der Waals surface area contributed by atoms with Crippen molar-refractivity contribution < 1.29 is 9.47 Å². The SMILES string of the molecule is CNCCc1c(Cl)cc2c(c1C)OCO2. The van der Waals surface area contributed by atoms with Gasteiger partial charge in [-0.1, -0.05) is 11.6 Å². The first-order chi connectivity index (χ1) is 7.24. The van der Waals surface area contributed by atoms with E-state index in [4.69, 9.17) is 21.1 Å². The molecule has 0 unspecified atom stereocenters. The fraction of sp³-hybridized carbons (Fsp3) is 0.455. The first-order valence-electron chi connectivity index (χ1n) is 4.96. The Morgan fingerprint density at radius 3 is 3.00 bits per heavy atom. The molecule has 4 heteroatoms. The molecule has 0 fully saturated rings. The van der Waals surface area contributed by atoms with Crippen molar-refractivity contribution in [2.45, 2.75) is 13.3 Å². The normalized spacial score (nSPS) is 13.3. The summed E-state index contributed by atoms with van der Waals surface area (Å²) in [6.45, 7) is 3.21.